The first kappa shape index (κ1) is 16.4. The summed E-state index contributed by atoms with van der Waals surface area (Å²) in [4.78, 5) is 21.7. The molecule has 0 atom stereocenters. The molecular formula is C21H22N4O2. The third-order valence-corrected chi connectivity index (χ3v) is 5.65. The lowest BCUT2D eigenvalue weighted by Crippen LogP contribution is -2.35. The highest BCUT2D eigenvalue weighted by atomic mass is 16.5. The molecule has 3 aromatic rings. The molecule has 0 spiro atoms. The molecule has 5 rings (SSSR count). The second-order valence-electron chi connectivity index (χ2n) is 7.41. The molecule has 0 bridgehead atoms. The highest BCUT2D eigenvalue weighted by Crippen LogP contribution is 2.25. The average Bonchev–Trinajstić information content (AvgIpc) is 3.31. The fraction of sp³-hybridized carbons (Fsp3) is 0.381. The number of aromatic nitrogens is 3. The summed E-state index contributed by atoms with van der Waals surface area (Å²) in [6.07, 6.45) is 7.21. The van der Waals surface area contributed by atoms with Gasteiger partial charge in [-0.05, 0) is 42.9 Å². The average molecular weight is 362 g/mol. The summed E-state index contributed by atoms with van der Waals surface area (Å²) in [5, 5.41) is 3.15. The van der Waals surface area contributed by atoms with Gasteiger partial charge in [-0.3, -0.25) is 4.79 Å². The topological polar surface area (TPSA) is 69.0 Å². The van der Waals surface area contributed by atoms with Crippen LogP contribution in [0.1, 0.15) is 40.4 Å². The van der Waals surface area contributed by atoms with E-state index >= 15 is 0 Å². The minimum absolute atomic E-state index is 0.0807. The van der Waals surface area contributed by atoms with Gasteiger partial charge in [0.15, 0.2) is 5.65 Å². The Kier molecular flexibility index (Phi) is 4.13. The van der Waals surface area contributed by atoms with Gasteiger partial charge in [0.25, 0.3) is 5.91 Å². The van der Waals surface area contributed by atoms with Crippen molar-refractivity contribution in [3.63, 3.8) is 0 Å². The Balaban J connectivity index is 1.32. The second-order valence-corrected chi connectivity index (χ2v) is 7.41. The number of carbonyl (C=O) groups excluding carboxylic acids is 1. The van der Waals surface area contributed by atoms with Gasteiger partial charge in [0.05, 0.1) is 11.9 Å². The number of fused-ring (bicyclic) bond motifs is 2. The van der Waals surface area contributed by atoms with E-state index in [9.17, 15) is 4.79 Å². The minimum atomic E-state index is -0.0807. The number of nitrogens with one attached hydrogen (secondary N) is 1. The van der Waals surface area contributed by atoms with Crippen molar-refractivity contribution in [2.24, 2.45) is 0 Å². The van der Waals surface area contributed by atoms with Crippen LogP contribution in [-0.4, -0.2) is 39.7 Å². The predicted molar refractivity (Wildman–Crippen MR) is 102 cm³/mol. The number of nitrogens with zero attached hydrogens (tertiary/aromatic N) is 3. The van der Waals surface area contributed by atoms with Gasteiger partial charge in [0.2, 0.25) is 0 Å². The summed E-state index contributed by atoms with van der Waals surface area (Å²) in [7, 11) is 0. The number of benzene rings is 1. The van der Waals surface area contributed by atoms with Crippen molar-refractivity contribution in [2.75, 3.05) is 13.2 Å². The molecule has 1 aliphatic heterocycles. The molecule has 1 fully saturated rings. The number of amides is 1. The molecule has 6 nitrogen and oxygen atoms in total. The van der Waals surface area contributed by atoms with Gasteiger partial charge in [-0.2, -0.15) is 0 Å². The van der Waals surface area contributed by atoms with E-state index in [0.29, 0.717) is 11.6 Å². The standard InChI is InChI=1S/C21H22N4O2/c26-21(24-17-9-14-3-1-2-4-15(14)10-17)16-11-19-20(22-12-16)25(13-23-19)18-5-7-27-8-6-18/h1-4,11-13,17-18H,5-10H2,(H,24,26). The largest absolute Gasteiger partial charge is 0.381 e. The van der Waals surface area contributed by atoms with Crippen LogP contribution in [0.15, 0.2) is 42.9 Å². The fourth-order valence-corrected chi connectivity index (χ4v) is 4.20. The quantitative estimate of drug-likeness (QED) is 0.778. The molecule has 2 aliphatic rings. The van der Waals surface area contributed by atoms with Crippen molar-refractivity contribution in [3.8, 4) is 0 Å². The zero-order valence-electron chi connectivity index (χ0n) is 15.1. The van der Waals surface area contributed by atoms with Crippen LogP contribution < -0.4 is 5.32 Å². The van der Waals surface area contributed by atoms with Gasteiger partial charge < -0.3 is 14.6 Å². The number of ether oxygens (including phenoxy) is 1. The molecule has 0 saturated carbocycles. The number of hydrogen-bond acceptors (Lipinski definition) is 4. The molecule has 2 aromatic heterocycles. The van der Waals surface area contributed by atoms with E-state index in [1.54, 1.807) is 6.20 Å². The maximum atomic E-state index is 12.7. The van der Waals surface area contributed by atoms with E-state index < -0.39 is 0 Å². The zero-order chi connectivity index (χ0) is 18.2. The van der Waals surface area contributed by atoms with E-state index in [2.05, 4.69) is 44.1 Å². The number of rotatable bonds is 3. The smallest absolute Gasteiger partial charge is 0.253 e. The van der Waals surface area contributed by atoms with Gasteiger partial charge in [-0.1, -0.05) is 24.3 Å². The summed E-state index contributed by atoms with van der Waals surface area (Å²) in [6, 6.07) is 10.7. The van der Waals surface area contributed by atoms with Crippen molar-refractivity contribution < 1.29 is 9.53 Å². The van der Waals surface area contributed by atoms with Crippen LogP contribution in [0, 0.1) is 0 Å². The van der Waals surface area contributed by atoms with Crippen LogP contribution >= 0.6 is 0 Å². The summed E-state index contributed by atoms with van der Waals surface area (Å²) >= 11 is 0. The van der Waals surface area contributed by atoms with Crippen molar-refractivity contribution >= 4 is 17.1 Å². The zero-order valence-corrected chi connectivity index (χ0v) is 15.1. The molecule has 1 saturated heterocycles. The Labute approximate surface area is 157 Å². The van der Waals surface area contributed by atoms with Crippen molar-refractivity contribution in [1.82, 2.24) is 19.9 Å². The molecule has 0 unspecified atom stereocenters. The maximum Gasteiger partial charge on any atom is 0.253 e. The van der Waals surface area contributed by atoms with Crippen molar-refractivity contribution in [2.45, 2.75) is 37.8 Å². The van der Waals surface area contributed by atoms with Crippen LogP contribution in [0.4, 0.5) is 0 Å². The first-order valence-electron chi connectivity index (χ1n) is 9.56. The third kappa shape index (κ3) is 3.10. The van der Waals surface area contributed by atoms with Gasteiger partial charge in [0, 0.05) is 31.5 Å². The number of imidazole rings is 1. The van der Waals surface area contributed by atoms with E-state index in [1.807, 2.05) is 12.4 Å². The summed E-state index contributed by atoms with van der Waals surface area (Å²) in [6.45, 7) is 1.54. The van der Waals surface area contributed by atoms with Gasteiger partial charge in [-0.15, -0.1) is 0 Å². The summed E-state index contributed by atoms with van der Waals surface area (Å²) in [5.41, 5.74) is 4.82. The van der Waals surface area contributed by atoms with Crippen LogP contribution in [-0.2, 0) is 17.6 Å². The van der Waals surface area contributed by atoms with Crippen LogP contribution in [0.2, 0.25) is 0 Å². The number of carbonyl (C=O) groups is 1. The lowest BCUT2D eigenvalue weighted by atomic mass is 10.1. The normalized spacial score (nSPS) is 17.9. The number of pyridine rings is 1. The molecule has 6 heteroatoms. The van der Waals surface area contributed by atoms with E-state index in [0.717, 1.165) is 50.1 Å². The van der Waals surface area contributed by atoms with Crippen LogP contribution in [0.5, 0.6) is 0 Å². The highest BCUT2D eigenvalue weighted by molar-refractivity contribution is 5.96. The Bertz CT molecular complexity index is 966. The monoisotopic (exact) mass is 362 g/mol. The summed E-state index contributed by atoms with van der Waals surface area (Å²) < 4.78 is 7.56. The highest BCUT2D eigenvalue weighted by Gasteiger charge is 2.24. The minimum Gasteiger partial charge on any atom is -0.381 e. The maximum absolute atomic E-state index is 12.7. The Morgan fingerprint density at radius 2 is 1.85 bits per heavy atom. The van der Waals surface area contributed by atoms with Crippen molar-refractivity contribution in [1.29, 1.82) is 0 Å². The van der Waals surface area contributed by atoms with Crippen LogP contribution in [0.3, 0.4) is 0 Å². The fourth-order valence-electron chi connectivity index (χ4n) is 4.20. The lowest BCUT2D eigenvalue weighted by molar-refractivity contribution is 0.0704. The van der Waals surface area contributed by atoms with Gasteiger partial charge in [-0.25, -0.2) is 9.97 Å². The van der Waals surface area contributed by atoms with Gasteiger partial charge >= 0.3 is 0 Å². The number of hydrogen-bond donors (Lipinski definition) is 1. The molecule has 1 amide bonds. The molecule has 1 aromatic carbocycles. The first-order valence-corrected chi connectivity index (χ1v) is 9.56. The Morgan fingerprint density at radius 1 is 1.11 bits per heavy atom. The predicted octanol–water partition coefficient (Wildman–Crippen LogP) is 2.68. The van der Waals surface area contributed by atoms with E-state index in [4.69, 9.17) is 4.74 Å². The molecule has 1 aliphatic carbocycles. The van der Waals surface area contributed by atoms with Crippen LogP contribution in [0.25, 0.3) is 11.2 Å². The summed E-state index contributed by atoms with van der Waals surface area (Å²) in [5.74, 6) is -0.0807. The lowest BCUT2D eigenvalue weighted by Gasteiger charge is -2.23. The first-order chi connectivity index (χ1) is 13.3. The Hall–Kier alpha value is -2.73. The third-order valence-electron chi connectivity index (χ3n) is 5.65. The molecular weight excluding hydrogens is 340 g/mol. The SMILES string of the molecule is O=C(NC1Cc2ccccc2C1)c1cnc2c(c1)ncn2C1CCOCC1. The van der Waals surface area contributed by atoms with Gasteiger partial charge in [0.1, 0.15) is 5.52 Å². The van der Waals surface area contributed by atoms with E-state index in [-0.39, 0.29) is 11.9 Å². The molecule has 0 radical (unpaired) electrons. The molecule has 138 valence electrons. The molecule has 27 heavy (non-hydrogen) atoms. The van der Waals surface area contributed by atoms with Crippen molar-refractivity contribution in [3.05, 3.63) is 59.5 Å². The Morgan fingerprint density at radius 3 is 2.59 bits per heavy atom. The van der Waals surface area contributed by atoms with E-state index in [1.165, 1.54) is 11.1 Å². The molecule has 3 heterocycles. The molecule has 1 N–H and O–H groups in total. The second kappa shape index (κ2) is 6.78.